The third-order valence-electron chi connectivity index (χ3n) is 4.25. The van der Waals surface area contributed by atoms with Gasteiger partial charge in [0.1, 0.15) is 11.4 Å². The number of carbonyl (C=O) groups is 1. The fourth-order valence-electron chi connectivity index (χ4n) is 3.00. The van der Waals surface area contributed by atoms with Crippen LogP contribution in [-0.4, -0.2) is 26.8 Å². The van der Waals surface area contributed by atoms with Crippen LogP contribution in [0.2, 0.25) is 0 Å². The van der Waals surface area contributed by atoms with Crippen molar-refractivity contribution in [3.8, 4) is 0 Å². The smallest absolute Gasteiger partial charge is 0.329 e. The maximum atomic E-state index is 13.0. The molecule has 0 radical (unpaired) electrons. The summed E-state index contributed by atoms with van der Waals surface area (Å²) in [5.74, 6) is -0.454. The van der Waals surface area contributed by atoms with Gasteiger partial charge in [0.2, 0.25) is 0 Å². The van der Waals surface area contributed by atoms with Crippen molar-refractivity contribution in [2.24, 2.45) is 0 Å². The molecule has 0 saturated carbocycles. The van der Waals surface area contributed by atoms with Gasteiger partial charge in [0.05, 0.1) is 6.54 Å². The predicted octanol–water partition coefficient (Wildman–Crippen LogP) is 2.54. The van der Waals surface area contributed by atoms with Crippen molar-refractivity contribution in [2.45, 2.75) is 33.0 Å². The maximum Gasteiger partial charge on any atom is 0.329 e. The van der Waals surface area contributed by atoms with Gasteiger partial charge in [0.15, 0.2) is 5.78 Å². The van der Waals surface area contributed by atoms with Crippen LogP contribution in [0, 0.1) is 0 Å². The van der Waals surface area contributed by atoms with Gasteiger partial charge in [-0.2, -0.15) is 0 Å². The van der Waals surface area contributed by atoms with E-state index in [-0.39, 0.29) is 17.9 Å². The molecule has 3 heterocycles. The molecule has 0 aliphatic rings. The van der Waals surface area contributed by atoms with Crippen LogP contribution in [0.4, 0.5) is 5.82 Å². The van der Waals surface area contributed by atoms with Gasteiger partial charge in [-0.05, 0) is 29.3 Å². The highest BCUT2D eigenvalue weighted by Gasteiger charge is 2.22. The first-order valence-corrected chi connectivity index (χ1v) is 10.7. The highest BCUT2D eigenvalue weighted by atomic mass is 32.1. The average Bonchev–Trinajstić information content (AvgIpc) is 3.32. The number of hydrogen-bond donors (Lipinski definition) is 2. The molecule has 9 heteroatoms. The van der Waals surface area contributed by atoms with Crippen molar-refractivity contribution in [1.29, 1.82) is 0 Å². The van der Waals surface area contributed by atoms with Crippen molar-refractivity contribution < 1.29 is 4.79 Å². The molecule has 0 atom stereocenters. The molecule has 3 rings (SSSR count). The molecule has 0 unspecified atom stereocenters. The first kappa shape index (κ1) is 20.2. The van der Waals surface area contributed by atoms with Gasteiger partial charge in [0.25, 0.3) is 5.56 Å². The van der Waals surface area contributed by atoms with E-state index in [9.17, 15) is 14.4 Å². The topological polar surface area (TPSA) is 101 Å². The minimum atomic E-state index is -0.730. The number of anilines is 1. The summed E-state index contributed by atoms with van der Waals surface area (Å²) in [6.45, 7) is 3.45. The van der Waals surface area contributed by atoms with E-state index in [0.29, 0.717) is 26.1 Å². The lowest BCUT2D eigenvalue weighted by molar-refractivity contribution is 0.0920. The molecule has 3 N–H and O–H groups in total. The van der Waals surface area contributed by atoms with Crippen LogP contribution in [0.1, 0.15) is 33.5 Å². The van der Waals surface area contributed by atoms with Gasteiger partial charge in [-0.3, -0.25) is 24.0 Å². The summed E-state index contributed by atoms with van der Waals surface area (Å²) in [6.07, 6.45) is 0.659. The first-order valence-electron chi connectivity index (χ1n) is 8.92. The van der Waals surface area contributed by atoms with Gasteiger partial charge in [-0.25, -0.2) is 4.79 Å². The van der Waals surface area contributed by atoms with Gasteiger partial charge < -0.3 is 5.73 Å². The monoisotopic (exact) mass is 418 g/mol. The quantitative estimate of drug-likeness (QED) is 0.520. The Labute approximate surface area is 170 Å². The summed E-state index contributed by atoms with van der Waals surface area (Å²) < 4.78 is 1.25. The zero-order valence-corrected chi connectivity index (χ0v) is 17.1. The molecular weight excluding hydrogens is 396 g/mol. The van der Waals surface area contributed by atoms with E-state index in [0.717, 1.165) is 9.75 Å². The number of nitrogens with two attached hydrogens (primary N) is 1. The third-order valence-corrected chi connectivity index (χ3v) is 5.97. The third kappa shape index (κ3) is 4.67. The Morgan fingerprint density at radius 3 is 2.25 bits per heavy atom. The van der Waals surface area contributed by atoms with Gasteiger partial charge >= 0.3 is 5.69 Å². The number of nitrogens with zero attached hydrogens (tertiary/aromatic N) is 2. The zero-order chi connectivity index (χ0) is 20.1. The van der Waals surface area contributed by atoms with E-state index in [2.05, 4.69) is 4.98 Å². The summed E-state index contributed by atoms with van der Waals surface area (Å²) in [5, 5.41) is 3.98. The van der Waals surface area contributed by atoms with E-state index >= 15 is 0 Å². The lowest BCUT2D eigenvalue weighted by Gasteiger charge is -2.21. The Morgan fingerprint density at radius 2 is 1.75 bits per heavy atom. The average molecular weight is 419 g/mol. The lowest BCUT2D eigenvalue weighted by atomic mass is 10.1. The van der Waals surface area contributed by atoms with Crippen LogP contribution >= 0.6 is 22.7 Å². The molecule has 0 saturated heterocycles. The molecule has 0 aliphatic heterocycles. The number of aromatic amines is 1. The van der Waals surface area contributed by atoms with Crippen molar-refractivity contribution in [3.63, 3.8) is 0 Å². The number of nitrogen functional groups attached to an aromatic ring is 1. The van der Waals surface area contributed by atoms with Gasteiger partial charge in [-0.15, -0.1) is 22.7 Å². The van der Waals surface area contributed by atoms with Crippen molar-refractivity contribution in [1.82, 2.24) is 14.5 Å². The maximum absolute atomic E-state index is 13.0. The molecule has 0 fully saturated rings. The Balaban J connectivity index is 1.88. The first-order chi connectivity index (χ1) is 13.5. The molecule has 148 valence electrons. The van der Waals surface area contributed by atoms with Crippen LogP contribution in [0.15, 0.2) is 44.6 Å². The molecule has 0 spiro atoms. The van der Waals surface area contributed by atoms with Crippen molar-refractivity contribution in [2.75, 3.05) is 12.3 Å². The van der Waals surface area contributed by atoms with Gasteiger partial charge in [0, 0.05) is 29.4 Å². The fourth-order valence-corrected chi connectivity index (χ4v) is 4.49. The van der Waals surface area contributed by atoms with E-state index in [1.54, 1.807) is 22.7 Å². The van der Waals surface area contributed by atoms with E-state index in [1.165, 1.54) is 4.57 Å². The fraction of sp³-hybridized carbons (Fsp3) is 0.316. The Morgan fingerprint density at radius 1 is 1.14 bits per heavy atom. The number of carbonyl (C=O) groups excluding carboxylic acids is 1. The molecule has 0 bridgehead atoms. The molecule has 3 aromatic heterocycles. The molecule has 0 aliphatic carbocycles. The molecular formula is C19H22N4O3S2. The number of H-pyrrole nitrogens is 1. The number of rotatable bonds is 9. The van der Waals surface area contributed by atoms with Crippen LogP contribution < -0.4 is 17.0 Å². The minimum absolute atomic E-state index is 0.0351. The Hall–Kier alpha value is -2.49. The Kier molecular flexibility index (Phi) is 6.61. The molecule has 3 aromatic rings. The van der Waals surface area contributed by atoms with Gasteiger partial charge in [-0.1, -0.05) is 19.1 Å². The summed E-state index contributed by atoms with van der Waals surface area (Å²) in [6, 6.07) is 7.96. The number of ketones is 1. The van der Waals surface area contributed by atoms with E-state index in [4.69, 9.17) is 5.73 Å². The summed E-state index contributed by atoms with van der Waals surface area (Å²) in [5.41, 5.74) is 4.57. The number of hydrogen-bond acceptors (Lipinski definition) is 7. The number of Topliss-reactive ketones (excluding diaryl/α,β-unsaturated/α-hetero) is 1. The second-order valence-electron chi connectivity index (χ2n) is 6.40. The molecule has 0 amide bonds. The largest absolute Gasteiger partial charge is 0.384 e. The second-order valence-corrected chi connectivity index (χ2v) is 8.46. The Bertz CT molecular complexity index is 1000. The lowest BCUT2D eigenvalue weighted by Crippen LogP contribution is -2.39. The van der Waals surface area contributed by atoms with E-state index in [1.807, 2.05) is 46.8 Å². The van der Waals surface area contributed by atoms with Crippen LogP contribution in [0.3, 0.4) is 0 Å². The van der Waals surface area contributed by atoms with E-state index < -0.39 is 17.0 Å². The normalized spacial score (nSPS) is 11.2. The predicted molar refractivity (Wildman–Crippen MR) is 113 cm³/mol. The van der Waals surface area contributed by atoms with Crippen LogP contribution in [0.5, 0.6) is 0 Å². The number of aromatic nitrogens is 2. The summed E-state index contributed by atoms with van der Waals surface area (Å²) >= 11 is 3.23. The molecule has 7 nitrogen and oxygen atoms in total. The minimum Gasteiger partial charge on any atom is -0.384 e. The molecule has 0 aromatic carbocycles. The van der Waals surface area contributed by atoms with Crippen molar-refractivity contribution in [3.05, 3.63) is 71.2 Å². The second kappa shape index (κ2) is 9.13. The highest BCUT2D eigenvalue weighted by molar-refractivity contribution is 7.10. The SMILES string of the molecule is CCCn1c(N)c(C(=O)CN(Cc2cccs2)Cc2cccs2)c(=O)[nH]c1=O. The van der Waals surface area contributed by atoms with Crippen LogP contribution in [-0.2, 0) is 19.6 Å². The van der Waals surface area contributed by atoms with Crippen LogP contribution in [0.25, 0.3) is 0 Å². The number of nitrogens with one attached hydrogen (secondary N) is 1. The summed E-state index contributed by atoms with van der Waals surface area (Å²) in [4.78, 5) is 43.7. The summed E-state index contributed by atoms with van der Waals surface area (Å²) in [7, 11) is 0. The number of thiophene rings is 2. The standard InChI is InChI=1S/C19H22N4O3S2/c1-2-7-23-17(20)16(18(25)21-19(23)26)15(24)12-22(10-13-5-3-8-27-13)11-14-6-4-9-28-14/h3-6,8-9H,2,7,10-12,20H2,1H3,(H,21,25,26). The zero-order valence-electron chi connectivity index (χ0n) is 15.5. The molecule has 28 heavy (non-hydrogen) atoms. The highest BCUT2D eigenvalue weighted by Crippen LogP contribution is 2.18. The van der Waals surface area contributed by atoms with Crippen molar-refractivity contribution >= 4 is 34.3 Å².